The van der Waals surface area contributed by atoms with E-state index < -0.39 is 5.79 Å². The zero-order chi connectivity index (χ0) is 29.4. The maximum absolute atomic E-state index is 7.08. The van der Waals surface area contributed by atoms with Crippen molar-refractivity contribution in [2.24, 2.45) is 9.98 Å². The van der Waals surface area contributed by atoms with Gasteiger partial charge in [0.05, 0.1) is 24.5 Å². The number of nitrogens with zero attached hydrogens (tertiary/aromatic N) is 2. The second-order valence-corrected chi connectivity index (χ2v) is 11.0. The first-order valence-electron chi connectivity index (χ1n) is 15.3. The van der Waals surface area contributed by atoms with Gasteiger partial charge in [-0.1, -0.05) is 86.6 Å². The van der Waals surface area contributed by atoms with Crippen LogP contribution in [0, 0.1) is 0 Å². The summed E-state index contributed by atoms with van der Waals surface area (Å²) in [6, 6.07) is 32.7. The van der Waals surface area contributed by atoms with E-state index in [0.29, 0.717) is 25.0 Å². The predicted molar refractivity (Wildman–Crippen MR) is 168 cm³/mol. The number of hydrogen-bond acceptors (Lipinski definition) is 6. The highest BCUT2D eigenvalue weighted by molar-refractivity contribution is 6.00. The van der Waals surface area contributed by atoms with Crippen LogP contribution in [0.2, 0.25) is 0 Å². The topological polar surface area (TPSA) is 61.6 Å². The summed E-state index contributed by atoms with van der Waals surface area (Å²) in [7, 11) is 0. The second kappa shape index (κ2) is 11.4. The Labute approximate surface area is 253 Å². The monoisotopic (exact) mass is 572 g/mol. The predicted octanol–water partition coefficient (Wildman–Crippen LogP) is 8.48. The first-order valence-corrected chi connectivity index (χ1v) is 15.3. The summed E-state index contributed by atoms with van der Waals surface area (Å²) in [6.07, 6.45) is 1.28. The molecule has 3 heterocycles. The minimum absolute atomic E-state index is 0.0643. The lowest BCUT2D eigenvalue weighted by molar-refractivity contribution is -0.236. The SMILES string of the molecule is CCOC(=Nc1ccccc1)c1cccc2c1[C@]1(O[C@H]2CC)O[C@@H](CC)c2cccc(C3=N[C@H](c4ccccc4)CO3)c21. The van der Waals surface area contributed by atoms with Gasteiger partial charge in [-0.05, 0) is 60.7 Å². The molecule has 0 saturated carbocycles. The fraction of sp³-hybridized carbons (Fsp3) is 0.297. The molecule has 218 valence electrons. The van der Waals surface area contributed by atoms with E-state index in [9.17, 15) is 0 Å². The van der Waals surface area contributed by atoms with Crippen molar-refractivity contribution >= 4 is 17.5 Å². The highest BCUT2D eigenvalue weighted by Crippen LogP contribution is 2.59. The third kappa shape index (κ3) is 4.66. The van der Waals surface area contributed by atoms with Gasteiger partial charge in [0.15, 0.2) is 0 Å². The van der Waals surface area contributed by atoms with Gasteiger partial charge in [-0.2, -0.15) is 0 Å². The van der Waals surface area contributed by atoms with Gasteiger partial charge in [-0.25, -0.2) is 9.98 Å². The van der Waals surface area contributed by atoms with Gasteiger partial charge in [0.1, 0.15) is 12.6 Å². The Balaban J connectivity index is 1.44. The van der Waals surface area contributed by atoms with Gasteiger partial charge in [-0.15, -0.1) is 0 Å². The lowest BCUT2D eigenvalue weighted by Crippen LogP contribution is -2.31. The van der Waals surface area contributed by atoms with Crippen LogP contribution in [-0.2, 0) is 24.7 Å². The Bertz CT molecular complexity index is 1680. The lowest BCUT2D eigenvalue weighted by atomic mass is 9.86. The van der Waals surface area contributed by atoms with E-state index in [1.807, 2.05) is 55.5 Å². The molecule has 0 aromatic heterocycles. The molecule has 0 saturated heterocycles. The van der Waals surface area contributed by atoms with E-state index in [1.54, 1.807) is 0 Å². The third-order valence-corrected chi connectivity index (χ3v) is 8.47. The number of rotatable bonds is 7. The number of benzene rings is 4. The molecule has 0 N–H and O–H groups in total. The molecule has 43 heavy (non-hydrogen) atoms. The van der Waals surface area contributed by atoms with Gasteiger partial charge < -0.3 is 18.9 Å². The smallest absolute Gasteiger partial charge is 0.225 e. The number of para-hydroxylation sites is 1. The second-order valence-electron chi connectivity index (χ2n) is 11.0. The van der Waals surface area contributed by atoms with Crippen LogP contribution in [0.25, 0.3) is 0 Å². The zero-order valence-electron chi connectivity index (χ0n) is 24.8. The molecule has 6 heteroatoms. The van der Waals surface area contributed by atoms with Gasteiger partial charge in [0.25, 0.3) is 0 Å². The zero-order valence-corrected chi connectivity index (χ0v) is 24.8. The van der Waals surface area contributed by atoms with Crippen molar-refractivity contribution in [1.29, 1.82) is 0 Å². The fourth-order valence-electron chi connectivity index (χ4n) is 6.58. The van der Waals surface area contributed by atoms with Gasteiger partial charge >= 0.3 is 0 Å². The van der Waals surface area contributed by atoms with E-state index in [-0.39, 0.29) is 18.2 Å². The normalized spacial score (nSPS) is 24.0. The molecule has 6 nitrogen and oxygen atoms in total. The van der Waals surface area contributed by atoms with Crippen LogP contribution in [0.4, 0.5) is 5.69 Å². The van der Waals surface area contributed by atoms with Gasteiger partial charge in [0.2, 0.25) is 17.6 Å². The Morgan fingerprint density at radius 2 is 1.44 bits per heavy atom. The average molecular weight is 573 g/mol. The summed E-state index contributed by atoms with van der Waals surface area (Å²) in [5.74, 6) is 0.00671. The lowest BCUT2D eigenvalue weighted by Gasteiger charge is -2.30. The Kier molecular flexibility index (Phi) is 7.33. The molecule has 1 spiro atoms. The number of fused-ring (bicyclic) bond motifs is 4. The summed E-state index contributed by atoms with van der Waals surface area (Å²) in [4.78, 5) is 10.1. The number of ether oxygens (including phenoxy) is 4. The van der Waals surface area contributed by atoms with Crippen molar-refractivity contribution in [1.82, 2.24) is 0 Å². The quantitative estimate of drug-likeness (QED) is 0.165. The minimum Gasteiger partial charge on any atom is -0.478 e. The molecule has 4 atom stereocenters. The molecule has 0 aliphatic carbocycles. The molecule has 0 amide bonds. The Morgan fingerprint density at radius 3 is 2.12 bits per heavy atom. The van der Waals surface area contributed by atoms with E-state index >= 15 is 0 Å². The van der Waals surface area contributed by atoms with Gasteiger partial charge in [-0.3, -0.25) is 0 Å². The van der Waals surface area contributed by atoms with Crippen LogP contribution in [0.15, 0.2) is 107 Å². The highest BCUT2D eigenvalue weighted by atomic mass is 16.7. The van der Waals surface area contributed by atoms with Crippen LogP contribution < -0.4 is 0 Å². The third-order valence-electron chi connectivity index (χ3n) is 8.47. The average Bonchev–Trinajstić information content (AvgIpc) is 3.77. The van der Waals surface area contributed by atoms with E-state index in [4.69, 9.17) is 28.9 Å². The molecule has 7 rings (SSSR count). The molecular weight excluding hydrogens is 536 g/mol. The van der Waals surface area contributed by atoms with Crippen molar-refractivity contribution in [2.75, 3.05) is 13.2 Å². The highest BCUT2D eigenvalue weighted by Gasteiger charge is 2.57. The van der Waals surface area contributed by atoms with Crippen LogP contribution in [0.5, 0.6) is 0 Å². The van der Waals surface area contributed by atoms with E-state index in [1.165, 1.54) is 0 Å². The maximum Gasteiger partial charge on any atom is 0.225 e. The molecule has 3 aliphatic heterocycles. The molecule has 0 bridgehead atoms. The molecule has 4 aromatic rings. The Hall–Kier alpha value is -4.26. The van der Waals surface area contributed by atoms with Crippen molar-refractivity contribution in [3.8, 4) is 0 Å². The molecule has 0 radical (unpaired) electrons. The molecule has 0 fully saturated rings. The molecule has 4 aromatic carbocycles. The van der Waals surface area contributed by atoms with Crippen LogP contribution in [-0.4, -0.2) is 25.0 Å². The molecule has 3 aliphatic rings. The van der Waals surface area contributed by atoms with E-state index in [2.05, 4.69) is 62.4 Å². The summed E-state index contributed by atoms with van der Waals surface area (Å²) in [5, 5.41) is 0. The van der Waals surface area contributed by atoms with Crippen molar-refractivity contribution < 1.29 is 18.9 Å². The van der Waals surface area contributed by atoms with Crippen LogP contribution in [0.1, 0.15) is 90.8 Å². The van der Waals surface area contributed by atoms with Gasteiger partial charge in [0, 0.05) is 22.3 Å². The maximum atomic E-state index is 7.08. The standard InChI is InChI=1S/C37H36N2O4/c1-4-31-26-19-13-21-28(35(40-6-3)38-25-17-11-8-12-18-25)33(26)37(42-31)34-27(32(5-2)43-37)20-14-22-29(34)36-39-30(23-41-36)24-15-9-7-10-16-24/h7-22,30-32H,4-6,23H2,1-3H3/t30-,31-,32-,37-/m0/s1. The summed E-state index contributed by atoms with van der Waals surface area (Å²) in [5.41, 5.74) is 7.85. The van der Waals surface area contributed by atoms with Crippen LogP contribution >= 0.6 is 0 Å². The first kappa shape index (κ1) is 27.6. The minimum atomic E-state index is -1.16. The van der Waals surface area contributed by atoms with Crippen molar-refractivity contribution in [2.45, 2.75) is 57.6 Å². The Morgan fingerprint density at radius 1 is 0.791 bits per heavy atom. The molecular formula is C37H36N2O4. The van der Waals surface area contributed by atoms with Crippen molar-refractivity contribution in [3.63, 3.8) is 0 Å². The molecule has 0 unspecified atom stereocenters. The van der Waals surface area contributed by atoms with Crippen LogP contribution in [0.3, 0.4) is 0 Å². The largest absolute Gasteiger partial charge is 0.478 e. The van der Waals surface area contributed by atoms with Crippen molar-refractivity contribution in [3.05, 3.63) is 136 Å². The van der Waals surface area contributed by atoms with E-state index in [0.717, 1.165) is 57.5 Å². The summed E-state index contributed by atoms with van der Waals surface area (Å²) < 4.78 is 26.7. The summed E-state index contributed by atoms with van der Waals surface area (Å²) >= 11 is 0. The number of aliphatic imine (C=N–C) groups is 2. The summed E-state index contributed by atoms with van der Waals surface area (Å²) in [6.45, 7) is 7.25. The number of hydrogen-bond donors (Lipinski definition) is 0. The fourth-order valence-corrected chi connectivity index (χ4v) is 6.58. The first-order chi connectivity index (χ1) is 21.2.